The summed E-state index contributed by atoms with van der Waals surface area (Å²) >= 11 is 0. The summed E-state index contributed by atoms with van der Waals surface area (Å²) in [6.45, 7) is 1.49. The first-order valence-electron chi connectivity index (χ1n) is 12.6. The lowest BCUT2D eigenvalue weighted by Crippen LogP contribution is -2.58. The van der Waals surface area contributed by atoms with E-state index >= 15 is 0 Å². The van der Waals surface area contributed by atoms with E-state index in [0.717, 1.165) is 11.1 Å². The molecule has 3 atom stereocenters. The number of phenols is 1. The minimum atomic E-state index is -1.31. The van der Waals surface area contributed by atoms with E-state index in [1.165, 1.54) is 30.3 Å². The molecule has 0 saturated carbocycles. The minimum absolute atomic E-state index is 0.0216. The van der Waals surface area contributed by atoms with Gasteiger partial charge in [0.05, 0.1) is 6.54 Å². The number of hydrogen-bond acceptors (Lipinski definition) is 6. The molecule has 1 N–H and O–H groups in total. The van der Waals surface area contributed by atoms with Gasteiger partial charge in [-0.1, -0.05) is 30.3 Å². The van der Waals surface area contributed by atoms with Crippen molar-refractivity contribution in [3.63, 3.8) is 0 Å². The lowest BCUT2D eigenvalue weighted by atomic mass is 9.95. The average molecular weight is 509 g/mol. The predicted octanol–water partition coefficient (Wildman–Crippen LogP) is 5.75. The summed E-state index contributed by atoms with van der Waals surface area (Å²) in [6.07, 6.45) is 1.71. The monoisotopic (exact) mass is 508 g/mol. The molecular weight excluding hydrogens is 478 g/mol. The Kier molecular flexibility index (Phi) is 7.48. The largest absolute Gasteiger partial charge is 0.508 e. The summed E-state index contributed by atoms with van der Waals surface area (Å²) in [6, 6.07) is 18.3. The zero-order valence-electron chi connectivity index (χ0n) is 20.5. The van der Waals surface area contributed by atoms with Crippen LogP contribution in [0.4, 0.5) is 8.78 Å². The normalized spacial score (nSPS) is 23.7. The van der Waals surface area contributed by atoms with Crippen LogP contribution in [0.25, 0.3) is 0 Å². The standard InChI is InChI=1S/C29H30F2N2O4/c30-23-9-11-25(34)21(15-23)7-4-14-29(32-35)19-33(17-20-5-2-1-3-6-20)18-28(37-29)27-12-8-22-16-24(31)10-13-26(22)36-27/h1-3,5-6,9-11,13,15-16,27-28,34H,4,7-8,12,14,17-19H2/t27?,28-,29?/m0/s1. The first-order chi connectivity index (χ1) is 17.9. The van der Waals surface area contributed by atoms with Crippen molar-refractivity contribution < 1.29 is 23.4 Å². The van der Waals surface area contributed by atoms with Gasteiger partial charge in [0, 0.05) is 19.5 Å². The molecule has 0 radical (unpaired) electrons. The Morgan fingerprint density at radius 1 is 1.03 bits per heavy atom. The van der Waals surface area contributed by atoms with Crippen molar-refractivity contribution in [2.24, 2.45) is 5.18 Å². The van der Waals surface area contributed by atoms with Crippen molar-refractivity contribution in [3.05, 3.63) is 100.0 Å². The van der Waals surface area contributed by atoms with Crippen molar-refractivity contribution >= 4 is 0 Å². The van der Waals surface area contributed by atoms with Crippen molar-refractivity contribution in [1.82, 2.24) is 4.90 Å². The average Bonchev–Trinajstić information content (AvgIpc) is 2.91. The molecule has 0 spiro atoms. The Labute approximate surface area is 214 Å². The number of phenolic OH excluding ortho intramolecular Hbond substituents is 1. The number of nitroso groups, excluding NO2 is 1. The summed E-state index contributed by atoms with van der Waals surface area (Å²) in [7, 11) is 0. The first-order valence-corrected chi connectivity index (χ1v) is 12.6. The van der Waals surface area contributed by atoms with Crippen molar-refractivity contribution in [1.29, 1.82) is 0 Å². The van der Waals surface area contributed by atoms with E-state index in [0.29, 0.717) is 63.1 Å². The van der Waals surface area contributed by atoms with Gasteiger partial charge in [0.1, 0.15) is 35.3 Å². The molecule has 0 amide bonds. The van der Waals surface area contributed by atoms with Crippen molar-refractivity contribution in [2.75, 3.05) is 13.1 Å². The van der Waals surface area contributed by atoms with Gasteiger partial charge >= 0.3 is 0 Å². The highest BCUT2D eigenvalue weighted by Gasteiger charge is 2.45. The summed E-state index contributed by atoms with van der Waals surface area (Å²) in [5, 5.41) is 13.6. The lowest BCUT2D eigenvalue weighted by molar-refractivity contribution is -0.186. The van der Waals surface area contributed by atoms with Gasteiger partial charge < -0.3 is 14.6 Å². The molecule has 1 fully saturated rings. The molecule has 2 heterocycles. The number of hydrogen-bond donors (Lipinski definition) is 1. The molecule has 2 unspecified atom stereocenters. The highest BCUT2D eigenvalue weighted by molar-refractivity contribution is 5.36. The van der Waals surface area contributed by atoms with Crippen LogP contribution in [-0.4, -0.2) is 41.0 Å². The highest BCUT2D eigenvalue weighted by atomic mass is 19.1. The van der Waals surface area contributed by atoms with Crippen LogP contribution in [0.5, 0.6) is 11.5 Å². The van der Waals surface area contributed by atoms with Crippen LogP contribution < -0.4 is 4.74 Å². The zero-order valence-corrected chi connectivity index (χ0v) is 20.5. The fraction of sp³-hybridized carbons (Fsp3) is 0.379. The van der Waals surface area contributed by atoms with Gasteiger partial charge in [-0.2, -0.15) is 0 Å². The van der Waals surface area contributed by atoms with Crippen LogP contribution in [0.1, 0.15) is 36.0 Å². The molecule has 3 aromatic rings. The number of morpholine rings is 1. The molecule has 194 valence electrons. The summed E-state index contributed by atoms with van der Waals surface area (Å²) in [4.78, 5) is 14.5. The van der Waals surface area contributed by atoms with Crippen LogP contribution in [0.3, 0.4) is 0 Å². The fourth-order valence-electron chi connectivity index (χ4n) is 5.36. The van der Waals surface area contributed by atoms with E-state index in [9.17, 15) is 18.8 Å². The van der Waals surface area contributed by atoms with E-state index in [-0.39, 0.29) is 17.7 Å². The Bertz CT molecular complexity index is 1240. The van der Waals surface area contributed by atoms with Crippen LogP contribution >= 0.6 is 0 Å². The van der Waals surface area contributed by atoms with Gasteiger partial charge in [-0.05, 0) is 83.9 Å². The molecule has 0 aliphatic carbocycles. The number of rotatable bonds is 8. The third-order valence-electron chi connectivity index (χ3n) is 7.16. The summed E-state index contributed by atoms with van der Waals surface area (Å²) in [5.41, 5.74) is 1.10. The number of aryl methyl sites for hydroxylation is 2. The van der Waals surface area contributed by atoms with Gasteiger partial charge in [0.15, 0.2) is 0 Å². The van der Waals surface area contributed by atoms with Gasteiger partial charge in [-0.3, -0.25) is 4.90 Å². The quantitative estimate of drug-likeness (QED) is 0.392. The number of benzene rings is 3. The summed E-state index contributed by atoms with van der Waals surface area (Å²) in [5.74, 6) is -0.0630. The predicted molar refractivity (Wildman–Crippen MR) is 135 cm³/mol. The molecule has 0 aromatic heterocycles. The van der Waals surface area contributed by atoms with E-state index < -0.39 is 17.6 Å². The number of ether oxygens (including phenoxy) is 2. The SMILES string of the molecule is O=NC1(CCCc2cc(F)ccc2O)CN(Cc2ccccc2)C[C@@H](C2CCc3cc(F)ccc3O2)O1. The number of aromatic hydroxyl groups is 1. The van der Waals surface area contributed by atoms with E-state index in [1.807, 2.05) is 30.3 Å². The molecule has 37 heavy (non-hydrogen) atoms. The fourth-order valence-corrected chi connectivity index (χ4v) is 5.36. The number of halogens is 2. The second kappa shape index (κ2) is 10.9. The number of fused-ring (bicyclic) bond motifs is 1. The highest BCUT2D eigenvalue weighted by Crippen LogP contribution is 2.36. The molecule has 6 nitrogen and oxygen atoms in total. The molecule has 2 aliphatic rings. The van der Waals surface area contributed by atoms with Crippen molar-refractivity contribution in [3.8, 4) is 11.5 Å². The molecule has 5 rings (SSSR count). The van der Waals surface area contributed by atoms with Crippen molar-refractivity contribution in [2.45, 2.75) is 56.6 Å². The van der Waals surface area contributed by atoms with Crippen LogP contribution in [-0.2, 0) is 24.1 Å². The third kappa shape index (κ3) is 5.97. The summed E-state index contributed by atoms with van der Waals surface area (Å²) < 4.78 is 40.0. The van der Waals surface area contributed by atoms with Crippen LogP contribution in [0.15, 0.2) is 71.9 Å². The molecule has 2 aliphatic heterocycles. The van der Waals surface area contributed by atoms with Gasteiger partial charge in [0.25, 0.3) is 0 Å². The minimum Gasteiger partial charge on any atom is -0.508 e. The Morgan fingerprint density at radius 2 is 1.81 bits per heavy atom. The van der Waals surface area contributed by atoms with Crippen LogP contribution in [0, 0.1) is 16.5 Å². The second-order valence-corrected chi connectivity index (χ2v) is 9.92. The lowest BCUT2D eigenvalue weighted by Gasteiger charge is -2.45. The maximum absolute atomic E-state index is 13.7. The Balaban J connectivity index is 1.34. The van der Waals surface area contributed by atoms with Gasteiger partial charge in [-0.25, -0.2) is 8.78 Å². The smallest absolute Gasteiger partial charge is 0.213 e. The molecule has 0 bridgehead atoms. The maximum Gasteiger partial charge on any atom is 0.213 e. The van der Waals surface area contributed by atoms with E-state index in [2.05, 4.69) is 10.1 Å². The Morgan fingerprint density at radius 3 is 2.62 bits per heavy atom. The molecule has 3 aromatic carbocycles. The molecular formula is C29H30F2N2O4. The maximum atomic E-state index is 13.7. The van der Waals surface area contributed by atoms with Crippen LogP contribution in [0.2, 0.25) is 0 Å². The number of nitrogens with zero attached hydrogens (tertiary/aromatic N) is 2. The van der Waals surface area contributed by atoms with Gasteiger partial charge in [-0.15, -0.1) is 4.91 Å². The van der Waals surface area contributed by atoms with E-state index in [1.54, 1.807) is 6.07 Å². The Hall–Kier alpha value is -3.36. The molecule has 8 heteroatoms. The molecule has 1 saturated heterocycles. The zero-order chi connectivity index (χ0) is 25.8. The van der Waals surface area contributed by atoms with E-state index in [4.69, 9.17) is 9.47 Å². The third-order valence-corrected chi connectivity index (χ3v) is 7.16. The second-order valence-electron chi connectivity index (χ2n) is 9.92. The first kappa shape index (κ1) is 25.3. The topological polar surface area (TPSA) is 71.4 Å². The van der Waals surface area contributed by atoms with Gasteiger partial charge in [0.2, 0.25) is 5.72 Å².